The minimum absolute atomic E-state index is 0.00860. The zero-order valence-corrected chi connectivity index (χ0v) is 20.8. The molecule has 0 saturated heterocycles. The number of carbonyl (C=O) groups excluding carboxylic acids is 1. The third-order valence-electron chi connectivity index (χ3n) is 6.08. The molecular formula is C30H24F2N4O2. The SMILES string of the molecule is Cc1c(Oc2ccnc(-c3ccc(-c4cnn(C)c4)cc3)c2)cccc1C(=O)NCc1cc(F)cc(F)c1. The quantitative estimate of drug-likeness (QED) is 0.273. The minimum atomic E-state index is -0.693. The molecule has 0 saturated carbocycles. The summed E-state index contributed by atoms with van der Waals surface area (Å²) < 4.78 is 34.8. The fourth-order valence-electron chi connectivity index (χ4n) is 4.12. The maximum atomic E-state index is 13.4. The molecule has 1 amide bonds. The van der Waals surface area contributed by atoms with Gasteiger partial charge in [-0.25, -0.2) is 8.78 Å². The second kappa shape index (κ2) is 10.6. The van der Waals surface area contributed by atoms with E-state index in [9.17, 15) is 13.6 Å². The smallest absolute Gasteiger partial charge is 0.251 e. The zero-order valence-electron chi connectivity index (χ0n) is 20.8. The second-order valence-electron chi connectivity index (χ2n) is 8.85. The van der Waals surface area contributed by atoms with Crippen LogP contribution in [0.3, 0.4) is 0 Å². The van der Waals surface area contributed by atoms with E-state index >= 15 is 0 Å². The van der Waals surface area contributed by atoms with Crippen molar-refractivity contribution in [1.82, 2.24) is 20.1 Å². The van der Waals surface area contributed by atoms with E-state index in [-0.39, 0.29) is 12.5 Å². The lowest BCUT2D eigenvalue weighted by Crippen LogP contribution is -2.23. The van der Waals surface area contributed by atoms with Crippen molar-refractivity contribution in [2.75, 3.05) is 0 Å². The summed E-state index contributed by atoms with van der Waals surface area (Å²) in [5, 5.41) is 6.92. The molecule has 0 aliphatic heterocycles. The highest BCUT2D eigenvalue weighted by Crippen LogP contribution is 2.30. The van der Waals surface area contributed by atoms with Crippen molar-refractivity contribution in [1.29, 1.82) is 0 Å². The first kappa shape index (κ1) is 24.8. The van der Waals surface area contributed by atoms with Gasteiger partial charge in [-0.3, -0.25) is 14.5 Å². The van der Waals surface area contributed by atoms with Crippen LogP contribution in [0.5, 0.6) is 11.5 Å². The van der Waals surface area contributed by atoms with E-state index in [1.807, 2.05) is 49.8 Å². The number of aryl methyl sites for hydroxylation is 1. The van der Waals surface area contributed by atoms with E-state index in [1.54, 1.807) is 42.1 Å². The molecule has 0 spiro atoms. The monoisotopic (exact) mass is 510 g/mol. The van der Waals surface area contributed by atoms with Gasteiger partial charge in [-0.05, 0) is 48.4 Å². The molecule has 2 aromatic heterocycles. The fraction of sp³-hybridized carbons (Fsp3) is 0.100. The molecule has 0 bridgehead atoms. The molecule has 38 heavy (non-hydrogen) atoms. The summed E-state index contributed by atoms with van der Waals surface area (Å²) >= 11 is 0. The Bertz CT molecular complexity index is 1590. The zero-order chi connectivity index (χ0) is 26.6. The van der Waals surface area contributed by atoms with Gasteiger partial charge in [0.15, 0.2) is 0 Å². The maximum absolute atomic E-state index is 13.4. The first-order valence-electron chi connectivity index (χ1n) is 11.9. The van der Waals surface area contributed by atoms with Gasteiger partial charge in [-0.2, -0.15) is 5.10 Å². The Kier molecular flexibility index (Phi) is 6.95. The Morgan fingerprint density at radius 2 is 1.68 bits per heavy atom. The van der Waals surface area contributed by atoms with Crippen molar-refractivity contribution < 1.29 is 18.3 Å². The highest BCUT2D eigenvalue weighted by Gasteiger charge is 2.14. The Balaban J connectivity index is 1.30. The molecule has 5 aromatic rings. The van der Waals surface area contributed by atoms with Crippen molar-refractivity contribution in [2.45, 2.75) is 13.5 Å². The van der Waals surface area contributed by atoms with E-state index < -0.39 is 11.6 Å². The third-order valence-corrected chi connectivity index (χ3v) is 6.08. The Labute approximate surface area is 218 Å². The largest absolute Gasteiger partial charge is 0.457 e. The molecule has 0 aliphatic rings. The molecule has 0 atom stereocenters. The lowest BCUT2D eigenvalue weighted by atomic mass is 10.0. The molecule has 1 N–H and O–H groups in total. The van der Waals surface area contributed by atoms with Crippen LogP contribution in [-0.2, 0) is 13.6 Å². The first-order chi connectivity index (χ1) is 18.4. The van der Waals surface area contributed by atoms with E-state index in [2.05, 4.69) is 15.4 Å². The topological polar surface area (TPSA) is 69.0 Å². The maximum Gasteiger partial charge on any atom is 0.251 e. The number of pyridine rings is 1. The molecule has 190 valence electrons. The average Bonchev–Trinajstić information content (AvgIpc) is 3.34. The molecular weight excluding hydrogens is 486 g/mol. The predicted molar refractivity (Wildman–Crippen MR) is 141 cm³/mol. The Morgan fingerprint density at radius 1 is 0.947 bits per heavy atom. The van der Waals surface area contributed by atoms with Gasteiger partial charge in [0, 0.05) is 60.4 Å². The van der Waals surface area contributed by atoms with Gasteiger partial charge in [0.1, 0.15) is 23.1 Å². The number of hydrogen-bond donors (Lipinski definition) is 1. The van der Waals surface area contributed by atoms with Crippen LogP contribution in [0.25, 0.3) is 22.4 Å². The van der Waals surface area contributed by atoms with Crippen LogP contribution in [0.15, 0.2) is 91.4 Å². The van der Waals surface area contributed by atoms with Gasteiger partial charge in [-0.1, -0.05) is 30.3 Å². The number of rotatable bonds is 7. The van der Waals surface area contributed by atoms with Crippen molar-refractivity contribution in [3.05, 3.63) is 120 Å². The van der Waals surface area contributed by atoms with Gasteiger partial charge in [0.05, 0.1) is 11.9 Å². The number of hydrogen-bond acceptors (Lipinski definition) is 4. The number of benzene rings is 3. The van der Waals surface area contributed by atoms with Crippen molar-refractivity contribution in [2.24, 2.45) is 7.05 Å². The summed E-state index contributed by atoms with van der Waals surface area (Å²) in [6, 6.07) is 19.9. The summed E-state index contributed by atoms with van der Waals surface area (Å²) in [7, 11) is 1.88. The number of nitrogens with one attached hydrogen (secondary N) is 1. The minimum Gasteiger partial charge on any atom is -0.457 e. The lowest BCUT2D eigenvalue weighted by molar-refractivity contribution is 0.0949. The molecule has 0 aliphatic carbocycles. The van der Waals surface area contributed by atoms with Gasteiger partial charge >= 0.3 is 0 Å². The molecule has 6 nitrogen and oxygen atoms in total. The predicted octanol–water partition coefficient (Wildman–Crippen LogP) is 6.46. The van der Waals surface area contributed by atoms with E-state index in [1.165, 1.54) is 12.1 Å². The van der Waals surface area contributed by atoms with Crippen molar-refractivity contribution >= 4 is 5.91 Å². The second-order valence-corrected chi connectivity index (χ2v) is 8.85. The summed E-state index contributed by atoms with van der Waals surface area (Å²) in [5.74, 6) is -0.675. The van der Waals surface area contributed by atoms with Gasteiger partial charge in [-0.15, -0.1) is 0 Å². The number of amides is 1. The Hall–Kier alpha value is -4.85. The number of carbonyl (C=O) groups is 1. The lowest BCUT2D eigenvalue weighted by Gasteiger charge is -2.13. The number of nitrogens with zero attached hydrogens (tertiary/aromatic N) is 3. The first-order valence-corrected chi connectivity index (χ1v) is 11.9. The highest BCUT2D eigenvalue weighted by molar-refractivity contribution is 5.96. The molecule has 5 rings (SSSR count). The molecule has 0 unspecified atom stereocenters. The number of aromatic nitrogens is 3. The van der Waals surface area contributed by atoms with Crippen LogP contribution in [-0.4, -0.2) is 20.7 Å². The number of halogens is 2. The average molecular weight is 511 g/mol. The summed E-state index contributed by atoms with van der Waals surface area (Å²) in [6.07, 6.45) is 5.45. The number of ether oxygens (including phenoxy) is 1. The normalized spacial score (nSPS) is 10.8. The van der Waals surface area contributed by atoms with Gasteiger partial charge in [0.25, 0.3) is 5.91 Å². The molecule has 8 heteroatoms. The molecule has 0 radical (unpaired) electrons. The van der Waals surface area contributed by atoms with Crippen molar-refractivity contribution in [3.63, 3.8) is 0 Å². The summed E-state index contributed by atoms with van der Waals surface area (Å²) in [4.78, 5) is 17.3. The van der Waals surface area contributed by atoms with E-state index in [4.69, 9.17) is 4.74 Å². The molecule has 2 heterocycles. The van der Waals surface area contributed by atoms with Crippen molar-refractivity contribution in [3.8, 4) is 33.9 Å². The summed E-state index contributed by atoms with van der Waals surface area (Å²) in [5.41, 5.74) is 5.14. The third kappa shape index (κ3) is 5.59. The van der Waals surface area contributed by atoms with Gasteiger partial charge in [0.2, 0.25) is 0 Å². The van der Waals surface area contributed by atoms with Crippen LogP contribution in [0.1, 0.15) is 21.5 Å². The molecule has 0 fully saturated rings. The van der Waals surface area contributed by atoms with Crippen LogP contribution >= 0.6 is 0 Å². The summed E-state index contributed by atoms with van der Waals surface area (Å²) in [6.45, 7) is 1.77. The van der Waals surface area contributed by atoms with E-state index in [0.29, 0.717) is 28.2 Å². The fourth-order valence-corrected chi connectivity index (χ4v) is 4.12. The molecule has 3 aromatic carbocycles. The van der Waals surface area contributed by atoms with E-state index in [0.717, 1.165) is 28.5 Å². The van der Waals surface area contributed by atoms with Crippen LogP contribution in [0, 0.1) is 18.6 Å². The highest BCUT2D eigenvalue weighted by atomic mass is 19.1. The van der Waals surface area contributed by atoms with Crippen LogP contribution in [0.4, 0.5) is 8.78 Å². The van der Waals surface area contributed by atoms with Gasteiger partial charge < -0.3 is 10.1 Å². The Morgan fingerprint density at radius 3 is 2.39 bits per heavy atom. The standard InChI is InChI=1S/C30H24F2N4O2/c1-19-27(30(37)34-16-20-12-24(31)14-25(32)13-20)4-3-5-29(19)38-26-10-11-33-28(15-26)22-8-6-21(7-9-22)23-17-35-36(2)18-23/h3-15,17-18H,16H2,1-2H3,(H,34,37). The van der Waals surface area contributed by atoms with Crippen LogP contribution in [0.2, 0.25) is 0 Å². The van der Waals surface area contributed by atoms with Crippen LogP contribution < -0.4 is 10.1 Å².